The molecule has 3 N–H and O–H groups in total. The Bertz CT molecular complexity index is 937. The van der Waals surface area contributed by atoms with Crippen LogP contribution in [0.5, 0.6) is 23.1 Å². The van der Waals surface area contributed by atoms with E-state index >= 15 is 0 Å². The zero-order valence-corrected chi connectivity index (χ0v) is 16.7. The maximum absolute atomic E-state index is 9.12. The van der Waals surface area contributed by atoms with Crippen LogP contribution < -0.4 is 19.9 Å². The molecule has 0 fully saturated rings. The number of nitrogens with two attached hydrogens (primary N) is 1. The number of rotatable bonds is 7. The van der Waals surface area contributed by atoms with Crippen molar-refractivity contribution in [2.75, 3.05) is 26.1 Å². The van der Waals surface area contributed by atoms with Gasteiger partial charge in [-0.25, -0.2) is 4.98 Å². The molecule has 27 heavy (non-hydrogen) atoms. The maximum atomic E-state index is 9.12. The Hall–Kier alpha value is -2.59. The summed E-state index contributed by atoms with van der Waals surface area (Å²) in [6.45, 7) is -0.124. The Morgan fingerprint density at radius 1 is 1.07 bits per heavy atom. The van der Waals surface area contributed by atoms with E-state index in [1.54, 1.807) is 19.2 Å². The molecular weight excluding hydrogens is 461 g/mol. The Kier molecular flexibility index (Phi) is 6.30. The van der Waals surface area contributed by atoms with Crippen molar-refractivity contribution in [1.29, 1.82) is 0 Å². The van der Waals surface area contributed by atoms with Crippen LogP contribution >= 0.6 is 22.6 Å². The molecule has 0 atom stereocenters. The minimum Gasteiger partial charge on any atom is -0.493 e. The van der Waals surface area contributed by atoms with Crippen LogP contribution in [0.1, 0.15) is 0 Å². The largest absolute Gasteiger partial charge is 0.493 e. The molecule has 1 heterocycles. The number of ether oxygens (including phenoxy) is 3. The van der Waals surface area contributed by atoms with E-state index < -0.39 is 0 Å². The fourth-order valence-corrected chi connectivity index (χ4v) is 2.90. The second-order valence-electron chi connectivity index (χ2n) is 5.40. The molecule has 0 bridgehead atoms. The predicted molar refractivity (Wildman–Crippen MR) is 110 cm³/mol. The number of benzene rings is 2. The number of aliphatic hydroxyl groups is 1. The highest BCUT2D eigenvalue weighted by Gasteiger charge is 2.19. The van der Waals surface area contributed by atoms with Crippen molar-refractivity contribution in [2.24, 2.45) is 0 Å². The normalized spacial score (nSPS) is 10.5. The van der Waals surface area contributed by atoms with Crippen LogP contribution in [0.25, 0.3) is 11.4 Å². The zero-order chi connectivity index (χ0) is 19.2. The zero-order valence-electron chi connectivity index (χ0n) is 14.6. The molecule has 0 aliphatic rings. The summed E-state index contributed by atoms with van der Waals surface area (Å²) in [5, 5.41) is 9.12. The second-order valence-corrected chi connectivity index (χ2v) is 6.65. The molecule has 7 nitrogen and oxygen atoms in total. The highest BCUT2D eigenvalue weighted by Crippen LogP contribution is 2.39. The monoisotopic (exact) mass is 479 g/mol. The van der Waals surface area contributed by atoms with Crippen molar-refractivity contribution in [3.8, 4) is 34.5 Å². The fraction of sp³-hybridized carbons (Fsp3) is 0.158. The van der Waals surface area contributed by atoms with Crippen LogP contribution in [0.15, 0.2) is 48.5 Å². The summed E-state index contributed by atoms with van der Waals surface area (Å²) in [5.74, 6) is 1.83. The van der Waals surface area contributed by atoms with Crippen molar-refractivity contribution in [3.63, 3.8) is 0 Å². The van der Waals surface area contributed by atoms with Crippen molar-refractivity contribution in [1.82, 2.24) is 9.97 Å². The smallest absolute Gasteiger partial charge is 0.263 e. The molecule has 0 spiro atoms. The van der Waals surface area contributed by atoms with E-state index in [-0.39, 0.29) is 30.7 Å². The lowest BCUT2D eigenvalue weighted by Crippen LogP contribution is -2.08. The number of anilines is 1. The van der Waals surface area contributed by atoms with Crippen LogP contribution in [-0.2, 0) is 0 Å². The van der Waals surface area contributed by atoms with Crippen molar-refractivity contribution >= 4 is 28.4 Å². The number of nitrogens with zero attached hydrogens (tertiary/aromatic N) is 2. The van der Waals surface area contributed by atoms with Gasteiger partial charge in [0.2, 0.25) is 5.75 Å². The predicted octanol–water partition coefficient (Wildman–Crippen LogP) is 3.50. The van der Waals surface area contributed by atoms with Gasteiger partial charge in [0.1, 0.15) is 6.61 Å². The molecule has 2 aromatic carbocycles. The fourth-order valence-electron chi connectivity index (χ4n) is 2.35. The summed E-state index contributed by atoms with van der Waals surface area (Å²) in [6, 6.07) is 14.8. The molecule has 3 rings (SSSR count). The van der Waals surface area contributed by atoms with Crippen LogP contribution in [0, 0.1) is 3.57 Å². The molecule has 0 saturated carbocycles. The standard InChI is InChI=1S/C19H18IN3O4/c1-25-14-7-2-3-8-15(14)27-16-17(21)22-18(23-19(16)26-10-9-24)12-5-4-6-13(20)11-12/h2-8,11,24H,9-10H2,1H3,(H2,21,22,23). The average Bonchev–Trinajstić information content (AvgIpc) is 2.68. The van der Waals surface area contributed by atoms with Gasteiger partial charge in [0, 0.05) is 9.13 Å². The number of hydrogen-bond donors (Lipinski definition) is 2. The summed E-state index contributed by atoms with van der Waals surface area (Å²) in [6.07, 6.45) is 0. The number of aromatic nitrogens is 2. The van der Waals surface area contributed by atoms with Gasteiger partial charge in [-0.3, -0.25) is 0 Å². The lowest BCUT2D eigenvalue weighted by molar-refractivity contribution is 0.192. The molecule has 0 aliphatic carbocycles. The molecular formula is C19H18IN3O4. The van der Waals surface area contributed by atoms with Gasteiger partial charge >= 0.3 is 0 Å². The third-order valence-corrected chi connectivity index (χ3v) is 4.23. The molecule has 140 valence electrons. The lowest BCUT2D eigenvalue weighted by Gasteiger charge is -2.15. The summed E-state index contributed by atoms with van der Waals surface area (Å²) >= 11 is 2.21. The number of para-hydroxylation sites is 2. The first-order valence-corrected chi connectivity index (χ1v) is 9.18. The van der Waals surface area contributed by atoms with Gasteiger partial charge in [0.05, 0.1) is 13.7 Å². The molecule has 8 heteroatoms. The molecule has 0 unspecified atom stereocenters. The van der Waals surface area contributed by atoms with Crippen LogP contribution in [0.2, 0.25) is 0 Å². The van der Waals surface area contributed by atoms with Crippen LogP contribution in [0.3, 0.4) is 0 Å². The Morgan fingerprint density at radius 2 is 1.85 bits per heavy atom. The van der Waals surface area contributed by atoms with Gasteiger partial charge in [0.25, 0.3) is 5.88 Å². The average molecular weight is 479 g/mol. The number of methoxy groups -OCH3 is 1. The van der Waals surface area contributed by atoms with E-state index in [0.717, 1.165) is 9.13 Å². The van der Waals surface area contributed by atoms with E-state index in [2.05, 4.69) is 32.6 Å². The first-order chi connectivity index (χ1) is 13.1. The topological polar surface area (TPSA) is 99.7 Å². The SMILES string of the molecule is COc1ccccc1Oc1c(N)nc(-c2cccc(I)c2)nc1OCCO. The Labute approximate surface area is 170 Å². The summed E-state index contributed by atoms with van der Waals surface area (Å²) in [7, 11) is 1.55. The molecule has 0 radical (unpaired) electrons. The summed E-state index contributed by atoms with van der Waals surface area (Å²) < 4.78 is 17.8. The third-order valence-electron chi connectivity index (χ3n) is 3.55. The highest BCUT2D eigenvalue weighted by atomic mass is 127. The van der Waals surface area contributed by atoms with Gasteiger partial charge in [-0.2, -0.15) is 4.98 Å². The van der Waals surface area contributed by atoms with E-state index in [1.165, 1.54) is 0 Å². The molecule has 0 saturated heterocycles. The first-order valence-electron chi connectivity index (χ1n) is 8.10. The number of nitrogen functional groups attached to an aromatic ring is 1. The van der Waals surface area contributed by atoms with Crippen molar-refractivity contribution in [3.05, 3.63) is 52.1 Å². The Balaban J connectivity index is 2.04. The lowest BCUT2D eigenvalue weighted by atomic mass is 10.2. The van der Waals surface area contributed by atoms with Gasteiger partial charge in [-0.05, 0) is 46.9 Å². The minimum absolute atomic E-state index is 0.0461. The number of halogens is 1. The van der Waals surface area contributed by atoms with Crippen molar-refractivity contribution < 1.29 is 19.3 Å². The summed E-state index contributed by atoms with van der Waals surface area (Å²) in [5.41, 5.74) is 6.94. The molecule has 3 aromatic rings. The van der Waals surface area contributed by atoms with E-state index in [1.807, 2.05) is 36.4 Å². The highest BCUT2D eigenvalue weighted by molar-refractivity contribution is 14.1. The number of hydrogen-bond acceptors (Lipinski definition) is 7. The minimum atomic E-state index is -0.170. The molecule has 1 aromatic heterocycles. The third kappa shape index (κ3) is 4.58. The summed E-state index contributed by atoms with van der Waals surface area (Å²) in [4.78, 5) is 8.80. The quantitative estimate of drug-likeness (QED) is 0.501. The van der Waals surface area contributed by atoms with E-state index in [4.69, 9.17) is 25.1 Å². The van der Waals surface area contributed by atoms with E-state index in [9.17, 15) is 0 Å². The molecule has 0 aliphatic heterocycles. The molecule has 0 amide bonds. The maximum Gasteiger partial charge on any atom is 0.263 e. The van der Waals surface area contributed by atoms with Gasteiger partial charge < -0.3 is 25.1 Å². The first kappa shape index (κ1) is 19.2. The van der Waals surface area contributed by atoms with Crippen molar-refractivity contribution in [2.45, 2.75) is 0 Å². The van der Waals surface area contributed by atoms with Crippen LogP contribution in [0.4, 0.5) is 5.82 Å². The van der Waals surface area contributed by atoms with E-state index in [0.29, 0.717) is 17.3 Å². The van der Waals surface area contributed by atoms with Gasteiger partial charge in [-0.1, -0.05) is 24.3 Å². The van der Waals surface area contributed by atoms with Gasteiger partial charge in [0.15, 0.2) is 23.1 Å². The van der Waals surface area contributed by atoms with Gasteiger partial charge in [-0.15, -0.1) is 0 Å². The van der Waals surface area contributed by atoms with Crippen LogP contribution in [-0.4, -0.2) is 35.4 Å². The second kappa shape index (κ2) is 8.87. The number of aliphatic hydroxyl groups excluding tert-OH is 1. The Morgan fingerprint density at radius 3 is 2.56 bits per heavy atom.